The van der Waals surface area contributed by atoms with Gasteiger partial charge in [0.05, 0.1) is 19.1 Å². The first kappa shape index (κ1) is 21.6. The Balaban J connectivity index is 1.71. The summed E-state index contributed by atoms with van der Waals surface area (Å²) in [6.07, 6.45) is 4.20. The van der Waals surface area contributed by atoms with Crippen molar-refractivity contribution in [2.75, 3.05) is 12.0 Å². The Bertz CT molecular complexity index is 1080. The molecule has 2 unspecified atom stereocenters. The van der Waals surface area contributed by atoms with Gasteiger partial charge in [0.15, 0.2) is 0 Å². The Morgan fingerprint density at radius 1 is 1.09 bits per heavy atom. The number of hydrogen-bond acceptors (Lipinski definition) is 4. The zero-order chi connectivity index (χ0) is 22.5. The standard InChI is InChI=1S/C26H27N3O3/c1-18-7-9-20(10-8-18)29-24(30)12-11-22(25(29)21-5-3-4-6-23(21)32-2)26(31)28-17-19-13-15-27-16-14-19/h3-10,13-16,22,25H,11-12,17H2,1-2H3,(H,28,31). The minimum absolute atomic E-state index is 0.00272. The quantitative estimate of drug-likeness (QED) is 0.638. The first-order valence-corrected chi connectivity index (χ1v) is 10.8. The van der Waals surface area contributed by atoms with Gasteiger partial charge in [0.1, 0.15) is 5.75 Å². The van der Waals surface area contributed by atoms with Crippen molar-refractivity contribution in [3.8, 4) is 5.75 Å². The summed E-state index contributed by atoms with van der Waals surface area (Å²) < 4.78 is 5.62. The molecule has 0 saturated carbocycles. The molecule has 0 spiro atoms. The Labute approximate surface area is 188 Å². The van der Waals surface area contributed by atoms with E-state index >= 15 is 0 Å². The summed E-state index contributed by atoms with van der Waals surface area (Å²) in [4.78, 5) is 32.3. The molecule has 3 aromatic rings. The highest BCUT2D eigenvalue weighted by molar-refractivity contribution is 5.97. The molecule has 0 bridgehead atoms. The lowest BCUT2D eigenvalue weighted by Crippen LogP contribution is -2.48. The van der Waals surface area contributed by atoms with Crippen LogP contribution < -0.4 is 15.0 Å². The molecule has 164 valence electrons. The van der Waals surface area contributed by atoms with E-state index in [-0.39, 0.29) is 11.8 Å². The van der Waals surface area contributed by atoms with Gasteiger partial charge in [0.2, 0.25) is 11.8 Å². The van der Waals surface area contributed by atoms with Crippen molar-refractivity contribution < 1.29 is 14.3 Å². The van der Waals surface area contributed by atoms with Crippen LogP contribution in [0.4, 0.5) is 5.69 Å². The second-order valence-electron chi connectivity index (χ2n) is 8.00. The summed E-state index contributed by atoms with van der Waals surface area (Å²) >= 11 is 0. The summed E-state index contributed by atoms with van der Waals surface area (Å²) in [7, 11) is 1.61. The number of carbonyl (C=O) groups is 2. The first-order chi connectivity index (χ1) is 15.6. The Morgan fingerprint density at radius 2 is 1.81 bits per heavy atom. The van der Waals surface area contributed by atoms with E-state index in [4.69, 9.17) is 4.74 Å². The molecule has 1 aliphatic heterocycles. The number of ether oxygens (including phenoxy) is 1. The van der Waals surface area contributed by atoms with Gasteiger partial charge in [0.25, 0.3) is 0 Å². The van der Waals surface area contributed by atoms with Crippen LogP contribution in [-0.2, 0) is 16.1 Å². The van der Waals surface area contributed by atoms with E-state index in [2.05, 4.69) is 10.3 Å². The van der Waals surface area contributed by atoms with Gasteiger partial charge < -0.3 is 15.0 Å². The average Bonchev–Trinajstić information content (AvgIpc) is 2.83. The van der Waals surface area contributed by atoms with E-state index in [0.29, 0.717) is 25.1 Å². The number of hydrogen-bond donors (Lipinski definition) is 1. The van der Waals surface area contributed by atoms with Gasteiger partial charge in [-0.15, -0.1) is 0 Å². The number of aromatic nitrogens is 1. The number of aryl methyl sites for hydroxylation is 1. The molecule has 32 heavy (non-hydrogen) atoms. The van der Waals surface area contributed by atoms with Crippen LogP contribution in [0.3, 0.4) is 0 Å². The summed E-state index contributed by atoms with van der Waals surface area (Å²) in [5.74, 6) is 0.175. The second kappa shape index (κ2) is 9.64. The van der Waals surface area contributed by atoms with Crippen molar-refractivity contribution in [1.29, 1.82) is 0 Å². The molecule has 0 aliphatic carbocycles. The number of piperidine rings is 1. The zero-order valence-corrected chi connectivity index (χ0v) is 18.3. The number of amides is 2. The molecule has 1 aromatic heterocycles. The lowest BCUT2D eigenvalue weighted by molar-refractivity contribution is -0.129. The largest absolute Gasteiger partial charge is 0.496 e. The van der Waals surface area contributed by atoms with Gasteiger partial charge in [-0.05, 0) is 49.2 Å². The summed E-state index contributed by atoms with van der Waals surface area (Å²) in [5.41, 5.74) is 3.69. The number of para-hydroxylation sites is 1. The number of pyridine rings is 1. The van der Waals surface area contributed by atoms with Crippen molar-refractivity contribution in [2.45, 2.75) is 32.4 Å². The first-order valence-electron chi connectivity index (χ1n) is 10.8. The SMILES string of the molecule is COc1ccccc1C1C(C(=O)NCc2ccncc2)CCC(=O)N1c1ccc(C)cc1. The Morgan fingerprint density at radius 3 is 2.53 bits per heavy atom. The molecule has 6 heteroatoms. The summed E-state index contributed by atoms with van der Waals surface area (Å²) in [5, 5.41) is 3.06. The van der Waals surface area contributed by atoms with Gasteiger partial charge in [-0.1, -0.05) is 35.9 Å². The molecule has 2 atom stereocenters. The highest BCUT2D eigenvalue weighted by Crippen LogP contribution is 2.43. The average molecular weight is 430 g/mol. The maximum atomic E-state index is 13.4. The minimum Gasteiger partial charge on any atom is -0.496 e. The number of methoxy groups -OCH3 is 1. The van der Waals surface area contributed by atoms with Crippen molar-refractivity contribution in [3.05, 3.63) is 89.7 Å². The number of anilines is 1. The van der Waals surface area contributed by atoms with Crippen LogP contribution in [-0.4, -0.2) is 23.9 Å². The van der Waals surface area contributed by atoms with Crippen molar-refractivity contribution in [2.24, 2.45) is 5.92 Å². The van der Waals surface area contributed by atoms with Crippen molar-refractivity contribution in [3.63, 3.8) is 0 Å². The van der Waals surface area contributed by atoms with Crippen molar-refractivity contribution >= 4 is 17.5 Å². The zero-order valence-electron chi connectivity index (χ0n) is 18.3. The highest BCUT2D eigenvalue weighted by atomic mass is 16.5. The number of nitrogens with zero attached hydrogens (tertiary/aromatic N) is 2. The normalized spacial score (nSPS) is 18.3. The van der Waals surface area contributed by atoms with Crippen LogP contribution >= 0.6 is 0 Å². The maximum absolute atomic E-state index is 13.4. The minimum atomic E-state index is -0.465. The fourth-order valence-corrected chi connectivity index (χ4v) is 4.26. The topological polar surface area (TPSA) is 71.5 Å². The monoisotopic (exact) mass is 429 g/mol. The van der Waals surface area contributed by atoms with Gasteiger partial charge >= 0.3 is 0 Å². The predicted octanol–water partition coefficient (Wildman–Crippen LogP) is 4.20. The second-order valence-corrected chi connectivity index (χ2v) is 8.00. The highest BCUT2D eigenvalue weighted by Gasteiger charge is 2.42. The molecule has 0 radical (unpaired) electrons. The number of rotatable bonds is 6. The third-order valence-electron chi connectivity index (χ3n) is 5.92. The Hall–Kier alpha value is -3.67. The van der Waals surface area contributed by atoms with Gasteiger partial charge in [0, 0.05) is 36.6 Å². The van der Waals surface area contributed by atoms with E-state index in [1.807, 2.05) is 67.6 Å². The molecule has 2 aromatic carbocycles. The van der Waals surface area contributed by atoms with Crippen molar-refractivity contribution in [1.82, 2.24) is 10.3 Å². The van der Waals surface area contributed by atoms with Crippen LogP contribution in [0.1, 0.15) is 35.6 Å². The van der Waals surface area contributed by atoms with E-state index in [1.54, 1.807) is 24.4 Å². The number of benzene rings is 2. The maximum Gasteiger partial charge on any atom is 0.227 e. The molecular weight excluding hydrogens is 402 g/mol. The van der Waals surface area contributed by atoms with E-state index in [1.165, 1.54) is 0 Å². The Kier molecular flexibility index (Phi) is 6.50. The van der Waals surface area contributed by atoms with E-state index < -0.39 is 12.0 Å². The third kappa shape index (κ3) is 4.49. The molecular formula is C26H27N3O3. The number of carbonyl (C=O) groups excluding carboxylic acids is 2. The van der Waals surface area contributed by atoms with Crippen LogP contribution in [0.25, 0.3) is 0 Å². The molecule has 1 N–H and O–H groups in total. The summed E-state index contributed by atoms with van der Waals surface area (Å²) in [6.45, 7) is 2.42. The van der Waals surface area contributed by atoms with Crippen LogP contribution in [0.5, 0.6) is 5.75 Å². The molecule has 2 heterocycles. The predicted molar refractivity (Wildman–Crippen MR) is 123 cm³/mol. The fourth-order valence-electron chi connectivity index (χ4n) is 4.26. The molecule has 1 saturated heterocycles. The molecule has 6 nitrogen and oxygen atoms in total. The fraction of sp³-hybridized carbons (Fsp3) is 0.269. The van der Waals surface area contributed by atoms with E-state index in [0.717, 1.165) is 22.4 Å². The molecule has 1 aliphatic rings. The molecule has 1 fully saturated rings. The molecule has 4 rings (SSSR count). The van der Waals surface area contributed by atoms with Gasteiger partial charge in [-0.25, -0.2) is 0 Å². The van der Waals surface area contributed by atoms with Crippen LogP contribution in [0.15, 0.2) is 73.1 Å². The number of nitrogens with one attached hydrogen (secondary N) is 1. The van der Waals surface area contributed by atoms with Crippen LogP contribution in [0.2, 0.25) is 0 Å². The van der Waals surface area contributed by atoms with E-state index in [9.17, 15) is 9.59 Å². The van der Waals surface area contributed by atoms with Crippen LogP contribution in [0, 0.1) is 12.8 Å². The third-order valence-corrected chi connectivity index (χ3v) is 5.92. The van der Waals surface area contributed by atoms with Gasteiger partial charge in [-0.3, -0.25) is 14.6 Å². The molecule has 2 amide bonds. The lowest BCUT2D eigenvalue weighted by Gasteiger charge is -2.41. The van der Waals surface area contributed by atoms with Gasteiger partial charge in [-0.2, -0.15) is 0 Å². The summed E-state index contributed by atoms with van der Waals surface area (Å²) in [6, 6.07) is 18.7. The smallest absolute Gasteiger partial charge is 0.227 e. The lowest BCUT2D eigenvalue weighted by atomic mass is 9.82.